The maximum atomic E-state index is 12.0. The maximum absolute atomic E-state index is 12.0. The molecule has 0 radical (unpaired) electrons. The summed E-state index contributed by atoms with van der Waals surface area (Å²) in [4.78, 5) is 22.2. The largest absolute Gasteiger partial charge is 0.872 e. The van der Waals surface area contributed by atoms with Gasteiger partial charge in [-0.25, -0.2) is 9.99 Å². The van der Waals surface area contributed by atoms with E-state index in [0.717, 1.165) is 35.8 Å². The normalized spacial score (nSPS) is 11.0. The zero-order valence-electron chi connectivity index (χ0n) is 15.5. The third-order valence-electron chi connectivity index (χ3n) is 3.91. The molecule has 154 valence electrons. The summed E-state index contributed by atoms with van der Waals surface area (Å²) in [5, 5.41) is 34.4. The van der Waals surface area contributed by atoms with Crippen LogP contribution in [0.15, 0.2) is 52.7 Å². The summed E-state index contributed by atoms with van der Waals surface area (Å²) >= 11 is 7.20. The van der Waals surface area contributed by atoms with E-state index in [0.29, 0.717) is 10.2 Å². The number of carbonyl (C=O) groups is 1. The molecule has 0 fully saturated rings. The Balaban J connectivity index is 1.59. The average molecular weight is 447 g/mol. The molecule has 0 saturated heterocycles. The summed E-state index contributed by atoms with van der Waals surface area (Å²) in [6, 6.07) is 10.5. The average Bonchev–Trinajstić information content (AvgIpc) is 3.08. The van der Waals surface area contributed by atoms with Gasteiger partial charge < -0.3 is 5.11 Å². The molecule has 2 N–H and O–H groups in total. The summed E-state index contributed by atoms with van der Waals surface area (Å²) in [5.41, 5.74) is 2.89. The first-order valence-electron chi connectivity index (χ1n) is 8.45. The molecule has 12 heteroatoms. The highest BCUT2D eigenvalue weighted by molar-refractivity contribution is 7.99. The van der Waals surface area contributed by atoms with Gasteiger partial charge in [-0.1, -0.05) is 29.5 Å². The van der Waals surface area contributed by atoms with Crippen molar-refractivity contribution in [3.8, 4) is 17.1 Å². The third kappa shape index (κ3) is 5.13. The van der Waals surface area contributed by atoms with Crippen LogP contribution < -0.4 is 15.1 Å². The number of non-ortho nitro benzene ring substituents is 1. The van der Waals surface area contributed by atoms with Crippen molar-refractivity contribution in [3.05, 3.63) is 63.2 Å². The molecule has 0 atom stereocenters. The second kappa shape index (κ2) is 9.37. The molecular formula is C18H15ClN6O4S. The Labute approximate surface area is 179 Å². The summed E-state index contributed by atoms with van der Waals surface area (Å²) in [6.45, 7) is 0. The number of thioether (sulfide) groups is 1. The van der Waals surface area contributed by atoms with E-state index in [-0.39, 0.29) is 17.0 Å². The number of hydrogen-bond donors (Lipinski definition) is 2. The van der Waals surface area contributed by atoms with Gasteiger partial charge in [-0.15, -0.1) is 5.10 Å². The van der Waals surface area contributed by atoms with E-state index in [1.54, 1.807) is 23.7 Å². The van der Waals surface area contributed by atoms with Crippen LogP contribution in [0.2, 0.25) is 5.02 Å². The van der Waals surface area contributed by atoms with Gasteiger partial charge in [0.15, 0.2) is 0 Å². The molecule has 3 aromatic rings. The fourth-order valence-corrected chi connectivity index (χ4v) is 3.37. The molecule has 0 unspecified atom stereocenters. The number of nitrogens with one attached hydrogen (secondary N) is 2. The monoisotopic (exact) mass is 446 g/mol. The van der Waals surface area contributed by atoms with Gasteiger partial charge in [0, 0.05) is 17.2 Å². The van der Waals surface area contributed by atoms with Gasteiger partial charge in [0.2, 0.25) is 0 Å². The Hall–Kier alpha value is -3.44. The number of hydrazone groups is 1. The van der Waals surface area contributed by atoms with E-state index >= 15 is 0 Å². The van der Waals surface area contributed by atoms with Gasteiger partial charge in [-0.05, 0) is 35.5 Å². The number of nitro groups is 1. The van der Waals surface area contributed by atoms with Gasteiger partial charge in [-0.3, -0.25) is 14.9 Å². The fraction of sp³-hybridized carbons (Fsp3) is 0.111. The number of aromatic nitrogens is 3. The summed E-state index contributed by atoms with van der Waals surface area (Å²) in [6.07, 6.45) is 1.07. The number of aromatic amines is 1. The molecule has 1 aromatic heterocycles. The molecule has 0 spiro atoms. The third-order valence-corrected chi connectivity index (χ3v) is 5.17. The Bertz CT molecular complexity index is 1130. The van der Waals surface area contributed by atoms with Crippen LogP contribution in [0.3, 0.4) is 0 Å². The molecule has 0 aliphatic carbocycles. The Kier molecular flexibility index (Phi) is 6.65. The van der Waals surface area contributed by atoms with Crippen LogP contribution >= 0.6 is 23.4 Å². The van der Waals surface area contributed by atoms with Gasteiger partial charge in [0.05, 0.1) is 34.6 Å². The molecule has 2 aromatic carbocycles. The van der Waals surface area contributed by atoms with E-state index in [9.17, 15) is 20.0 Å². The Morgan fingerprint density at radius 2 is 2.20 bits per heavy atom. The minimum Gasteiger partial charge on any atom is -0.872 e. The lowest BCUT2D eigenvalue weighted by molar-refractivity contribution is -0.698. The van der Waals surface area contributed by atoms with Crippen molar-refractivity contribution in [1.29, 1.82) is 0 Å². The van der Waals surface area contributed by atoms with Crippen molar-refractivity contribution >= 4 is 41.2 Å². The van der Waals surface area contributed by atoms with Crippen LogP contribution in [-0.2, 0) is 11.8 Å². The molecule has 0 bridgehead atoms. The number of halogens is 1. The van der Waals surface area contributed by atoms with E-state index in [2.05, 4.69) is 20.7 Å². The first-order valence-corrected chi connectivity index (χ1v) is 9.82. The van der Waals surface area contributed by atoms with Gasteiger partial charge in [0.1, 0.15) is 0 Å². The van der Waals surface area contributed by atoms with Crippen molar-refractivity contribution in [2.45, 2.75) is 5.16 Å². The minimum atomic E-state index is -0.618. The number of rotatable bonds is 7. The molecule has 3 rings (SSSR count). The van der Waals surface area contributed by atoms with Crippen molar-refractivity contribution < 1.29 is 19.4 Å². The highest BCUT2D eigenvalue weighted by Gasteiger charge is 2.20. The molecule has 0 aliphatic rings. The van der Waals surface area contributed by atoms with Crippen molar-refractivity contribution in [2.75, 3.05) is 5.75 Å². The van der Waals surface area contributed by atoms with Crippen LogP contribution in [-0.4, -0.2) is 33.0 Å². The van der Waals surface area contributed by atoms with Crippen LogP contribution in [0.1, 0.15) is 5.56 Å². The molecular weight excluding hydrogens is 432 g/mol. The topological polar surface area (TPSA) is 140 Å². The fourth-order valence-electron chi connectivity index (χ4n) is 2.46. The predicted octanol–water partition coefficient (Wildman–Crippen LogP) is 1.78. The number of nitrogens with zero attached hydrogens (tertiary/aromatic N) is 4. The smallest absolute Gasteiger partial charge is 0.337 e. The number of benzene rings is 2. The van der Waals surface area contributed by atoms with Crippen molar-refractivity contribution in [2.24, 2.45) is 12.1 Å². The van der Waals surface area contributed by atoms with Crippen molar-refractivity contribution in [1.82, 2.24) is 15.6 Å². The van der Waals surface area contributed by atoms with Gasteiger partial charge in [0.25, 0.3) is 17.4 Å². The zero-order chi connectivity index (χ0) is 21.7. The van der Waals surface area contributed by atoms with E-state index in [4.69, 9.17) is 11.6 Å². The molecule has 1 amide bonds. The first kappa shape index (κ1) is 21.3. The van der Waals surface area contributed by atoms with Crippen LogP contribution in [0.5, 0.6) is 5.75 Å². The zero-order valence-corrected chi connectivity index (χ0v) is 17.1. The Morgan fingerprint density at radius 3 is 2.93 bits per heavy atom. The van der Waals surface area contributed by atoms with Gasteiger partial charge in [-0.2, -0.15) is 5.10 Å². The SMILES string of the molecule is C[n+]1c(SCC(=O)N/N=C/c2cc([N+](=O)[O-])ccc2[O-])n[nH]c1-c1cccc(Cl)c1. The molecule has 0 aliphatic heterocycles. The highest BCUT2D eigenvalue weighted by atomic mass is 35.5. The summed E-state index contributed by atoms with van der Waals surface area (Å²) in [7, 11) is 1.80. The number of H-pyrrole nitrogens is 1. The molecule has 0 saturated carbocycles. The summed E-state index contributed by atoms with van der Waals surface area (Å²) in [5.74, 6) is -0.122. The van der Waals surface area contributed by atoms with E-state index in [1.807, 2.05) is 12.1 Å². The lowest BCUT2D eigenvalue weighted by Gasteiger charge is -2.08. The second-order valence-electron chi connectivity index (χ2n) is 5.99. The number of nitro benzene ring substituents is 1. The van der Waals surface area contributed by atoms with E-state index in [1.165, 1.54) is 11.8 Å². The Morgan fingerprint density at radius 1 is 1.40 bits per heavy atom. The molecule has 10 nitrogen and oxygen atoms in total. The number of amides is 1. The minimum absolute atomic E-state index is 0.00187. The number of carbonyl (C=O) groups excluding carboxylic acids is 1. The predicted molar refractivity (Wildman–Crippen MR) is 109 cm³/mol. The van der Waals surface area contributed by atoms with Crippen LogP contribution in [0, 0.1) is 10.1 Å². The van der Waals surface area contributed by atoms with Crippen molar-refractivity contribution in [3.63, 3.8) is 0 Å². The van der Waals surface area contributed by atoms with Crippen LogP contribution in [0.25, 0.3) is 11.4 Å². The van der Waals surface area contributed by atoms with E-state index < -0.39 is 16.6 Å². The molecule has 30 heavy (non-hydrogen) atoms. The first-order chi connectivity index (χ1) is 14.3. The van der Waals surface area contributed by atoms with Gasteiger partial charge >= 0.3 is 5.16 Å². The maximum Gasteiger partial charge on any atom is 0.337 e. The lowest BCUT2D eigenvalue weighted by atomic mass is 10.2. The number of hydrogen-bond acceptors (Lipinski definition) is 7. The van der Waals surface area contributed by atoms with Crippen LogP contribution in [0.4, 0.5) is 5.69 Å². The summed E-state index contributed by atoms with van der Waals surface area (Å²) < 4.78 is 1.79. The standard InChI is InChI=1S/C18H15ClN6O4S/c1-24-17(11-3-2-4-13(19)7-11)22-23-18(24)30-10-16(27)21-20-9-12-8-14(25(28)29)5-6-15(12)26/h2-9H,10H2,1H3,(H2,20,21,26,27). The quantitative estimate of drug-likeness (QED) is 0.186. The lowest BCUT2D eigenvalue weighted by Crippen LogP contribution is -2.32. The second-order valence-corrected chi connectivity index (χ2v) is 7.36. The highest BCUT2D eigenvalue weighted by Crippen LogP contribution is 2.21. The molecule has 1 heterocycles.